The lowest BCUT2D eigenvalue weighted by Crippen LogP contribution is -3.00. The van der Waals surface area contributed by atoms with Crippen molar-refractivity contribution in [2.45, 2.75) is 13.5 Å². The molecule has 0 saturated carbocycles. The average molecular weight is 789 g/mol. The Morgan fingerprint density at radius 1 is 0.818 bits per heavy atom. The molecule has 11 nitrogen and oxygen atoms in total. The van der Waals surface area contributed by atoms with E-state index in [9.17, 15) is 9.59 Å². The first kappa shape index (κ1) is 41.3. The number of hydrogen-bond donors (Lipinski definition) is 1. The number of methoxy groups -OCH3 is 2. The van der Waals surface area contributed by atoms with Crippen molar-refractivity contribution in [1.82, 2.24) is 9.89 Å². The summed E-state index contributed by atoms with van der Waals surface area (Å²) in [5.41, 5.74) is 7.49. The van der Waals surface area contributed by atoms with E-state index in [0.717, 1.165) is 72.8 Å². The Hall–Kier alpha value is -4.91. The predicted molar refractivity (Wildman–Crippen MR) is 216 cm³/mol. The maximum atomic E-state index is 12.8. The first-order valence-corrected chi connectivity index (χ1v) is 19.2. The van der Waals surface area contributed by atoms with Crippen molar-refractivity contribution < 1.29 is 45.4 Å². The van der Waals surface area contributed by atoms with Gasteiger partial charge in [-0.2, -0.15) is 11.8 Å². The molecule has 0 saturated heterocycles. The van der Waals surface area contributed by atoms with Crippen LogP contribution in [-0.4, -0.2) is 98.2 Å². The molecule has 0 atom stereocenters. The third kappa shape index (κ3) is 9.86. The predicted octanol–water partition coefficient (Wildman–Crippen LogP) is 2.43. The Morgan fingerprint density at radius 3 is 2.07 bits per heavy atom. The van der Waals surface area contributed by atoms with Crippen LogP contribution < -0.4 is 46.9 Å². The zero-order chi connectivity index (χ0) is 38.2. The third-order valence-corrected chi connectivity index (χ3v) is 10.4. The monoisotopic (exact) mass is 788 g/mol. The fraction of sp³-hybridized carbons (Fsp3) is 0.357. The van der Waals surface area contributed by atoms with Crippen molar-refractivity contribution in [1.29, 1.82) is 0 Å². The summed E-state index contributed by atoms with van der Waals surface area (Å²) >= 11 is 1.74. The lowest BCUT2D eigenvalue weighted by atomic mass is 9.92. The van der Waals surface area contributed by atoms with Gasteiger partial charge >= 0.3 is 11.9 Å². The topological polar surface area (TPSA) is 106 Å². The number of nitrogens with one attached hydrogen (secondary N) is 1. The van der Waals surface area contributed by atoms with Crippen LogP contribution in [0.25, 0.3) is 33.4 Å². The van der Waals surface area contributed by atoms with Crippen LogP contribution in [-0.2, 0) is 25.6 Å². The van der Waals surface area contributed by atoms with Crippen LogP contribution in [0, 0.1) is 6.92 Å². The lowest BCUT2D eigenvalue weighted by molar-refractivity contribution is -0.139. The van der Waals surface area contributed by atoms with Crippen molar-refractivity contribution >= 4 is 46.0 Å². The molecule has 1 N–H and O–H groups in total. The zero-order valence-corrected chi connectivity index (χ0v) is 33.9. The first-order chi connectivity index (χ1) is 26.2. The van der Waals surface area contributed by atoms with Crippen LogP contribution in [0.2, 0.25) is 0 Å². The van der Waals surface area contributed by atoms with Crippen LogP contribution in [0.5, 0.6) is 11.5 Å². The van der Waals surface area contributed by atoms with Crippen LogP contribution in [0.15, 0.2) is 77.2 Å². The zero-order valence-electron chi connectivity index (χ0n) is 32.3. The number of nitrogens with zero attached hydrogens (tertiary/aromatic N) is 3. The molecule has 1 aliphatic carbocycles. The highest BCUT2D eigenvalue weighted by Gasteiger charge is 2.23. The first-order valence-electron chi connectivity index (χ1n) is 18.1. The fourth-order valence-corrected chi connectivity index (χ4v) is 7.54. The number of carbonyl (C=O) groups excluding carboxylic acids is 2. The van der Waals surface area contributed by atoms with Gasteiger partial charge in [-0.15, -0.1) is 0 Å². The summed E-state index contributed by atoms with van der Waals surface area (Å²) in [6, 6.07) is 24.8. The van der Waals surface area contributed by atoms with Gasteiger partial charge in [0.15, 0.2) is 0 Å². The molecule has 55 heavy (non-hydrogen) atoms. The molecule has 0 fully saturated rings. The van der Waals surface area contributed by atoms with Gasteiger partial charge in [-0.05, 0) is 67.1 Å². The maximum Gasteiger partial charge on any atom is 0.325 e. The molecule has 13 heteroatoms. The van der Waals surface area contributed by atoms with Gasteiger partial charge in [0.1, 0.15) is 63.2 Å². The third-order valence-electron chi connectivity index (χ3n) is 9.42. The van der Waals surface area contributed by atoms with Gasteiger partial charge in [0, 0.05) is 53.7 Å². The summed E-state index contributed by atoms with van der Waals surface area (Å²) in [6.07, 6.45) is 0. The smallest absolute Gasteiger partial charge is 0.325 e. The minimum atomic E-state index is -0.345. The molecule has 292 valence electrons. The molecule has 0 aromatic heterocycles. The molecule has 0 unspecified atom stereocenters. The van der Waals surface area contributed by atoms with Crippen molar-refractivity contribution in [3.63, 3.8) is 0 Å². The summed E-state index contributed by atoms with van der Waals surface area (Å²) in [7, 11) is 8.76. The van der Waals surface area contributed by atoms with E-state index in [0.29, 0.717) is 31.1 Å². The SMILES string of the molecule is CNCc1ccc2c(-c3ccc4c(c3)OCCOc3cc(C)ccc3N(CC(=O)OC)CCSCCN4CC(=O)OC)c3ccc(=[N+](C)C)cc-3oc2c1.[Cl-]. The van der Waals surface area contributed by atoms with Crippen LogP contribution in [0.4, 0.5) is 11.4 Å². The highest BCUT2D eigenvalue weighted by Crippen LogP contribution is 2.43. The molecule has 0 radical (unpaired) electrons. The summed E-state index contributed by atoms with van der Waals surface area (Å²) in [5.74, 6) is 2.86. The molecular formula is C42H49ClN4O7S. The minimum Gasteiger partial charge on any atom is -1.00 e. The second kappa shape index (κ2) is 19.1. The van der Waals surface area contributed by atoms with Crippen molar-refractivity contribution in [2.75, 3.05) is 96.1 Å². The Balaban J connectivity index is 0.00000580. The number of halogens is 1. The summed E-state index contributed by atoms with van der Waals surface area (Å²) in [6.45, 7) is 4.52. The summed E-state index contributed by atoms with van der Waals surface area (Å²) < 4.78 is 31.8. The average Bonchev–Trinajstić information content (AvgIpc) is 3.17. The number of carbonyl (C=O) groups is 2. The number of fused-ring (bicyclic) bond motifs is 4. The van der Waals surface area contributed by atoms with Gasteiger partial charge in [0.2, 0.25) is 5.36 Å². The van der Waals surface area contributed by atoms with Crippen molar-refractivity contribution in [3.8, 4) is 33.9 Å². The molecule has 0 spiro atoms. The minimum absolute atomic E-state index is 0. The lowest BCUT2D eigenvalue weighted by Gasteiger charge is -2.27. The number of benzene rings is 4. The van der Waals surface area contributed by atoms with E-state index in [1.54, 1.807) is 11.8 Å². The van der Waals surface area contributed by atoms with Crippen LogP contribution >= 0.6 is 11.8 Å². The van der Waals surface area contributed by atoms with E-state index in [1.165, 1.54) is 14.2 Å². The van der Waals surface area contributed by atoms with Crippen LogP contribution in [0.3, 0.4) is 0 Å². The van der Waals surface area contributed by atoms with E-state index in [2.05, 4.69) is 58.4 Å². The second-order valence-corrected chi connectivity index (χ2v) is 14.6. The van der Waals surface area contributed by atoms with Crippen molar-refractivity contribution in [3.05, 3.63) is 89.3 Å². The van der Waals surface area contributed by atoms with Gasteiger partial charge in [0.25, 0.3) is 0 Å². The Labute approximate surface area is 332 Å². The molecule has 0 amide bonds. The number of aryl methyl sites for hydroxylation is 1. The standard InChI is InChI=1S/C42H49N4O7S.ClH/c1-28-7-13-34-38(21-28)51-17-18-52-39-23-30(9-14-35(39)46(27-41(48)50-6)16-20-54-19-15-45(34)26-40(47)49-5)42-32-11-8-29(25-43-2)22-36(32)53-37-24-31(44(3)4)10-12-33(37)42;/h7-14,21-24,43H,15-20,25-27H2,1-6H3;1H/q+1;/p-1. The maximum absolute atomic E-state index is 12.8. The van der Waals surface area contributed by atoms with Gasteiger partial charge in [-0.3, -0.25) is 9.59 Å². The molecule has 3 aliphatic rings. The van der Waals surface area contributed by atoms with E-state index in [1.807, 2.05) is 62.1 Å². The molecule has 0 bridgehead atoms. The van der Waals surface area contributed by atoms with E-state index < -0.39 is 0 Å². The van der Waals surface area contributed by atoms with Gasteiger partial charge in [0.05, 0.1) is 31.7 Å². The van der Waals surface area contributed by atoms with Crippen LogP contribution in [0.1, 0.15) is 11.1 Å². The number of hydrogen-bond acceptors (Lipinski definition) is 11. The number of anilines is 2. The van der Waals surface area contributed by atoms with Gasteiger partial charge in [-0.25, -0.2) is 4.58 Å². The Bertz CT molecular complexity index is 2170. The largest absolute Gasteiger partial charge is 1.00 e. The number of thioether (sulfide) groups is 1. The van der Waals surface area contributed by atoms with Gasteiger partial charge in [-0.1, -0.05) is 24.3 Å². The molecule has 2 aliphatic heterocycles. The number of ether oxygens (including phenoxy) is 4. The van der Waals surface area contributed by atoms with Crippen molar-refractivity contribution in [2.24, 2.45) is 0 Å². The highest BCUT2D eigenvalue weighted by atomic mass is 35.5. The highest BCUT2D eigenvalue weighted by molar-refractivity contribution is 7.99. The number of esters is 2. The molecule has 3 aromatic rings. The molecule has 6 rings (SSSR count). The normalized spacial score (nSPS) is 13.6. The molecule has 3 aromatic carbocycles. The number of rotatable bonds is 7. The van der Waals surface area contributed by atoms with Gasteiger partial charge < -0.3 is 50.9 Å². The van der Waals surface area contributed by atoms with E-state index in [-0.39, 0.29) is 50.6 Å². The van der Waals surface area contributed by atoms with E-state index in [4.69, 9.17) is 23.4 Å². The second-order valence-electron chi connectivity index (χ2n) is 13.4. The summed E-state index contributed by atoms with van der Waals surface area (Å²) in [4.78, 5) is 29.2. The van der Waals surface area contributed by atoms with E-state index >= 15 is 0 Å². The molecule has 2 heterocycles. The Kier molecular flexibility index (Phi) is 14.3. The fourth-order valence-electron chi connectivity index (χ4n) is 6.64. The summed E-state index contributed by atoms with van der Waals surface area (Å²) in [5, 5.41) is 5.25. The quantitative estimate of drug-likeness (QED) is 0.150. The molecular weight excluding hydrogens is 740 g/mol. The Morgan fingerprint density at radius 2 is 1.45 bits per heavy atom.